The highest BCUT2D eigenvalue weighted by Gasteiger charge is 2.19. The highest BCUT2D eigenvalue weighted by Crippen LogP contribution is 2.20. The monoisotopic (exact) mass is 328 g/mol. The van der Waals surface area contributed by atoms with Crippen molar-refractivity contribution >= 4 is 23.7 Å². The van der Waals surface area contributed by atoms with Gasteiger partial charge >= 0.3 is 0 Å². The van der Waals surface area contributed by atoms with Crippen LogP contribution in [0, 0.1) is 0 Å². The summed E-state index contributed by atoms with van der Waals surface area (Å²) in [5.74, 6) is 1.39. The van der Waals surface area contributed by atoms with E-state index in [1.54, 1.807) is 11.3 Å². The molecule has 1 fully saturated rings. The fourth-order valence-electron chi connectivity index (χ4n) is 2.61. The summed E-state index contributed by atoms with van der Waals surface area (Å²) in [7, 11) is 2.14. The van der Waals surface area contributed by atoms with E-state index in [0.29, 0.717) is 17.8 Å². The summed E-state index contributed by atoms with van der Waals surface area (Å²) < 4.78 is 5.37. The first-order valence-electron chi connectivity index (χ1n) is 7.09. The summed E-state index contributed by atoms with van der Waals surface area (Å²) in [6.07, 6.45) is 3.65. The molecule has 0 bridgehead atoms. The lowest BCUT2D eigenvalue weighted by Crippen LogP contribution is -2.32. The molecule has 0 aromatic carbocycles. The Kier molecular flexibility index (Phi) is 6.17. The largest absolute Gasteiger partial charge is 0.338 e. The lowest BCUT2D eigenvalue weighted by atomic mass is 10.1. The normalized spacial score (nSPS) is 19.2. The zero-order valence-electron chi connectivity index (χ0n) is 12.1. The molecule has 5 nitrogen and oxygen atoms in total. The number of thiophene rings is 1. The topological polar surface area (TPSA) is 54.2 Å². The van der Waals surface area contributed by atoms with Crippen molar-refractivity contribution in [2.75, 3.05) is 20.1 Å². The Balaban J connectivity index is 0.00000161. The van der Waals surface area contributed by atoms with Crippen LogP contribution in [0.2, 0.25) is 0 Å². The average molecular weight is 329 g/mol. The molecule has 116 valence electrons. The molecule has 7 heteroatoms. The first-order chi connectivity index (χ1) is 9.83. The third kappa shape index (κ3) is 4.26. The van der Waals surface area contributed by atoms with Crippen LogP contribution in [0.3, 0.4) is 0 Å². The number of nitrogens with one attached hydrogen (secondary N) is 1. The van der Waals surface area contributed by atoms with Gasteiger partial charge in [0.25, 0.3) is 0 Å². The Hall–Kier alpha value is -0.950. The lowest BCUT2D eigenvalue weighted by molar-refractivity contribution is 0.190. The van der Waals surface area contributed by atoms with Gasteiger partial charge in [0, 0.05) is 17.0 Å². The van der Waals surface area contributed by atoms with Crippen molar-refractivity contribution in [1.82, 2.24) is 20.4 Å². The molecule has 1 unspecified atom stereocenters. The number of aromatic nitrogens is 2. The Morgan fingerprint density at radius 2 is 2.33 bits per heavy atom. The van der Waals surface area contributed by atoms with Gasteiger partial charge in [-0.2, -0.15) is 16.3 Å². The zero-order valence-corrected chi connectivity index (χ0v) is 13.8. The molecule has 1 saturated heterocycles. The van der Waals surface area contributed by atoms with E-state index in [-0.39, 0.29) is 12.4 Å². The Bertz CT molecular complexity index is 523. The van der Waals surface area contributed by atoms with Gasteiger partial charge in [0.2, 0.25) is 11.7 Å². The van der Waals surface area contributed by atoms with Gasteiger partial charge in [-0.25, -0.2) is 0 Å². The van der Waals surface area contributed by atoms with Crippen LogP contribution < -0.4 is 5.32 Å². The van der Waals surface area contributed by atoms with E-state index in [4.69, 9.17) is 4.52 Å². The van der Waals surface area contributed by atoms with E-state index in [0.717, 1.165) is 25.2 Å². The average Bonchev–Trinajstić information content (AvgIpc) is 3.05. The summed E-state index contributed by atoms with van der Waals surface area (Å²) >= 11 is 1.64. The maximum Gasteiger partial charge on any atom is 0.241 e. The molecule has 0 amide bonds. The van der Waals surface area contributed by atoms with Crippen LogP contribution in [0.15, 0.2) is 21.3 Å². The molecule has 1 aliphatic rings. The smallest absolute Gasteiger partial charge is 0.241 e. The van der Waals surface area contributed by atoms with Gasteiger partial charge < -0.3 is 9.84 Å². The van der Waals surface area contributed by atoms with Crippen LogP contribution in [0.4, 0.5) is 0 Å². The van der Waals surface area contributed by atoms with Gasteiger partial charge in [0.15, 0.2) is 0 Å². The van der Waals surface area contributed by atoms with Crippen molar-refractivity contribution in [3.63, 3.8) is 0 Å². The van der Waals surface area contributed by atoms with E-state index in [1.165, 1.54) is 19.3 Å². The summed E-state index contributed by atoms with van der Waals surface area (Å²) in [4.78, 5) is 6.81. The summed E-state index contributed by atoms with van der Waals surface area (Å²) in [6.45, 7) is 2.95. The van der Waals surface area contributed by atoms with Crippen LogP contribution in [0.25, 0.3) is 11.4 Å². The maximum atomic E-state index is 5.37. The van der Waals surface area contributed by atoms with Gasteiger partial charge in [-0.1, -0.05) is 5.16 Å². The lowest BCUT2D eigenvalue weighted by Gasteiger charge is -2.25. The van der Waals surface area contributed by atoms with Crippen molar-refractivity contribution in [3.8, 4) is 11.4 Å². The first-order valence-corrected chi connectivity index (χ1v) is 8.03. The van der Waals surface area contributed by atoms with Gasteiger partial charge in [0.05, 0.1) is 6.54 Å². The molecule has 21 heavy (non-hydrogen) atoms. The van der Waals surface area contributed by atoms with E-state index < -0.39 is 0 Å². The fourth-order valence-corrected chi connectivity index (χ4v) is 3.25. The van der Waals surface area contributed by atoms with Crippen molar-refractivity contribution < 1.29 is 4.52 Å². The highest BCUT2D eigenvalue weighted by atomic mass is 35.5. The summed E-state index contributed by atoms with van der Waals surface area (Å²) in [6, 6.07) is 2.61. The van der Waals surface area contributed by atoms with E-state index in [9.17, 15) is 0 Å². The zero-order chi connectivity index (χ0) is 13.8. The molecule has 1 N–H and O–H groups in total. The van der Waals surface area contributed by atoms with Crippen LogP contribution in [-0.2, 0) is 6.54 Å². The highest BCUT2D eigenvalue weighted by molar-refractivity contribution is 7.08. The van der Waals surface area contributed by atoms with Gasteiger partial charge in [0.1, 0.15) is 0 Å². The Morgan fingerprint density at radius 1 is 1.43 bits per heavy atom. The Morgan fingerprint density at radius 3 is 3.14 bits per heavy atom. The van der Waals surface area contributed by atoms with Gasteiger partial charge in [-0.3, -0.25) is 4.90 Å². The molecule has 0 aliphatic carbocycles. The minimum atomic E-state index is 0. The fraction of sp³-hybridized carbons (Fsp3) is 0.571. The molecule has 1 aliphatic heterocycles. The third-order valence-electron chi connectivity index (χ3n) is 3.80. The molecular weight excluding hydrogens is 308 g/mol. The molecular formula is C14H21ClN4OS. The van der Waals surface area contributed by atoms with Gasteiger partial charge in [-0.15, -0.1) is 12.4 Å². The van der Waals surface area contributed by atoms with Crippen molar-refractivity contribution in [2.45, 2.75) is 31.8 Å². The van der Waals surface area contributed by atoms with Gasteiger partial charge in [-0.05, 0) is 50.8 Å². The molecule has 0 spiro atoms. The van der Waals surface area contributed by atoms with Crippen LogP contribution in [0.5, 0.6) is 0 Å². The van der Waals surface area contributed by atoms with Crippen molar-refractivity contribution in [3.05, 3.63) is 22.7 Å². The number of hydrogen-bond acceptors (Lipinski definition) is 6. The molecule has 3 heterocycles. The second-order valence-electron chi connectivity index (χ2n) is 5.27. The minimum Gasteiger partial charge on any atom is -0.338 e. The van der Waals surface area contributed by atoms with E-state index >= 15 is 0 Å². The number of halogens is 1. The standard InChI is InChI=1S/C14H20N4OS.ClH/c1-18(12-3-2-6-15-7-4-12)9-13-16-14(17-19-13)11-5-8-20-10-11;/h5,8,10,12,15H,2-4,6-7,9H2,1H3;1H. The van der Waals surface area contributed by atoms with Crippen molar-refractivity contribution in [2.24, 2.45) is 0 Å². The summed E-state index contributed by atoms with van der Waals surface area (Å²) in [5, 5.41) is 11.6. The van der Waals surface area contributed by atoms with Crippen LogP contribution >= 0.6 is 23.7 Å². The SMILES string of the molecule is CN(Cc1nc(-c2ccsc2)no1)C1CCCNCC1.Cl. The predicted octanol–water partition coefficient (Wildman–Crippen LogP) is 2.79. The predicted molar refractivity (Wildman–Crippen MR) is 86.8 cm³/mol. The molecule has 0 saturated carbocycles. The molecule has 1 atom stereocenters. The molecule has 3 rings (SSSR count). The number of hydrogen-bond donors (Lipinski definition) is 1. The van der Waals surface area contributed by atoms with Crippen molar-refractivity contribution in [1.29, 1.82) is 0 Å². The summed E-state index contributed by atoms with van der Waals surface area (Å²) in [5.41, 5.74) is 1.03. The third-order valence-corrected chi connectivity index (χ3v) is 4.48. The number of rotatable bonds is 4. The second-order valence-corrected chi connectivity index (χ2v) is 6.05. The second kappa shape index (κ2) is 7.89. The minimum absolute atomic E-state index is 0. The quantitative estimate of drug-likeness (QED) is 0.935. The number of nitrogens with zero attached hydrogens (tertiary/aromatic N) is 3. The van der Waals surface area contributed by atoms with Crippen LogP contribution in [-0.4, -0.2) is 41.2 Å². The molecule has 2 aromatic rings. The van der Waals surface area contributed by atoms with Crippen LogP contribution in [0.1, 0.15) is 25.2 Å². The first kappa shape index (κ1) is 16.4. The van der Waals surface area contributed by atoms with E-state index in [2.05, 4.69) is 27.4 Å². The molecule has 2 aromatic heterocycles. The molecule has 0 radical (unpaired) electrons. The van der Waals surface area contributed by atoms with E-state index in [1.807, 2.05) is 16.8 Å². The maximum absolute atomic E-state index is 5.37. The Labute approximate surface area is 135 Å².